The molecular formula is C60H112O6. The van der Waals surface area contributed by atoms with Crippen molar-refractivity contribution in [3.63, 3.8) is 0 Å². The highest BCUT2D eigenvalue weighted by atomic mass is 16.6. The molecule has 0 radical (unpaired) electrons. The quantitative estimate of drug-likeness (QED) is 0.0262. The van der Waals surface area contributed by atoms with Gasteiger partial charge in [-0.25, -0.2) is 0 Å². The Morgan fingerprint density at radius 2 is 0.545 bits per heavy atom. The number of unbranched alkanes of at least 4 members (excludes halogenated alkanes) is 39. The number of carbonyl (C=O) groups is 3. The molecule has 0 rings (SSSR count). The molecule has 1 atom stereocenters. The predicted octanol–water partition coefficient (Wildman–Crippen LogP) is 19.5. The fraction of sp³-hybridized carbons (Fsp3) is 0.883. The average molecular weight is 930 g/mol. The first-order valence-electron chi connectivity index (χ1n) is 29.3. The molecule has 0 fully saturated rings. The zero-order valence-electron chi connectivity index (χ0n) is 44.5. The van der Waals surface area contributed by atoms with Gasteiger partial charge in [-0.3, -0.25) is 14.4 Å². The molecule has 0 aliphatic heterocycles. The minimum absolute atomic E-state index is 0.0714. The molecule has 0 heterocycles. The molecule has 0 saturated heterocycles. The van der Waals surface area contributed by atoms with Gasteiger partial charge in [0.1, 0.15) is 13.2 Å². The Morgan fingerprint density at radius 3 is 0.864 bits per heavy atom. The lowest BCUT2D eigenvalue weighted by molar-refractivity contribution is -0.167. The van der Waals surface area contributed by atoms with Gasteiger partial charge in [0.2, 0.25) is 0 Å². The molecule has 6 heteroatoms. The normalized spacial score (nSPS) is 12.1. The monoisotopic (exact) mass is 929 g/mol. The van der Waals surface area contributed by atoms with E-state index in [-0.39, 0.29) is 31.1 Å². The Hall–Kier alpha value is -2.11. The molecule has 388 valence electrons. The molecule has 0 saturated carbocycles. The van der Waals surface area contributed by atoms with E-state index in [1.807, 2.05) is 0 Å². The number of esters is 3. The van der Waals surface area contributed by atoms with E-state index in [2.05, 4.69) is 45.1 Å². The molecule has 66 heavy (non-hydrogen) atoms. The maximum absolute atomic E-state index is 12.8. The average Bonchev–Trinajstić information content (AvgIpc) is 3.31. The summed E-state index contributed by atoms with van der Waals surface area (Å²) in [6, 6.07) is 0. The molecule has 0 aromatic heterocycles. The van der Waals surface area contributed by atoms with Crippen molar-refractivity contribution in [2.75, 3.05) is 13.2 Å². The largest absolute Gasteiger partial charge is 0.462 e. The van der Waals surface area contributed by atoms with Crippen LogP contribution < -0.4 is 0 Å². The SMILES string of the molecule is CCCCC/C=C\C/C=C\CCCCCCCC(=O)OC(COC(=O)CCCCCCCCCCCCCCCCC)COC(=O)CCCCCCCCCCCCCCCCCCCC. The Labute approximate surface area is 411 Å². The lowest BCUT2D eigenvalue weighted by Crippen LogP contribution is -2.30. The van der Waals surface area contributed by atoms with Gasteiger partial charge in [-0.1, -0.05) is 276 Å². The summed E-state index contributed by atoms with van der Waals surface area (Å²) in [7, 11) is 0. The number of ether oxygens (including phenoxy) is 3. The smallest absolute Gasteiger partial charge is 0.306 e. The zero-order valence-corrected chi connectivity index (χ0v) is 44.5. The number of hydrogen-bond donors (Lipinski definition) is 0. The first-order valence-corrected chi connectivity index (χ1v) is 29.3. The third-order valence-corrected chi connectivity index (χ3v) is 13.2. The summed E-state index contributed by atoms with van der Waals surface area (Å²) in [6.07, 6.45) is 64.5. The molecule has 0 aliphatic carbocycles. The Morgan fingerprint density at radius 1 is 0.303 bits per heavy atom. The van der Waals surface area contributed by atoms with Crippen molar-refractivity contribution in [1.29, 1.82) is 0 Å². The van der Waals surface area contributed by atoms with Crippen LogP contribution in [-0.4, -0.2) is 37.2 Å². The van der Waals surface area contributed by atoms with E-state index in [0.29, 0.717) is 19.3 Å². The van der Waals surface area contributed by atoms with Crippen molar-refractivity contribution in [3.8, 4) is 0 Å². The van der Waals surface area contributed by atoms with Crippen molar-refractivity contribution in [2.24, 2.45) is 0 Å². The third kappa shape index (κ3) is 52.9. The van der Waals surface area contributed by atoms with E-state index in [0.717, 1.165) is 77.0 Å². The van der Waals surface area contributed by atoms with Crippen LogP contribution in [0, 0.1) is 0 Å². The van der Waals surface area contributed by atoms with Gasteiger partial charge in [-0.2, -0.15) is 0 Å². The van der Waals surface area contributed by atoms with Crippen LogP contribution in [0.4, 0.5) is 0 Å². The molecule has 6 nitrogen and oxygen atoms in total. The Balaban J connectivity index is 4.33. The lowest BCUT2D eigenvalue weighted by atomic mass is 10.0. The minimum atomic E-state index is -0.773. The van der Waals surface area contributed by atoms with Crippen LogP contribution in [0.1, 0.15) is 323 Å². The zero-order chi connectivity index (χ0) is 47.9. The van der Waals surface area contributed by atoms with Crippen molar-refractivity contribution in [1.82, 2.24) is 0 Å². The molecule has 0 N–H and O–H groups in total. The van der Waals surface area contributed by atoms with Crippen molar-refractivity contribution >= 4 is 17.9 Å². The van der Waals surface area contributed by atoms with Crippen molar-refractivity contribution in [2.45, 2.75) is 329 Å². The van der Waals surface area contributed by atoms with E-state index in [1.54, 1.807) is 0 Å². The van der Waals surface area contributed by atoms with Crippen LogP contribution in [-0.2, 0) is 28.6 Å². The van der Waals surface area contributed by atoms with Crippen LogP contribution in [0.25, 0.3) is 0 Å². The van der Waals surface area contributed by atoms with Gasteiger partial charge in [0, 0.05) is 19.3 Å². The van der Waals surface area contributed by atoms with Gasteiger partial charge in [-0.15, -0.1) is 0 Å². The van der Waals surface area contributed by atoms with Crippen LogP contribution in [0.15, 0.2) is 24.3 Å². The van der Waals surface area contributed by atoms with E-state index in [9.17, 15) is 14.4 Å². The number of carbonyl (C=O) groups excluding carboxylic acids is 3. The van der Waals surface area contributed by atoms with E-state index < -0.39 is 6.10 Å². The first-order chi connectivity index (χ1) is 32.5. The Bertz CT molecular complexity index is 1070. The number of rotatable bonds is 54. The van der Waals surface area contributed by atoms with Crippen molar-refractivity contribution in [3.05, 3.63) is 24.3 Å². The van der Waals surface area contributed by atoms with Gasteiger partial charge < -0.3 is 14.2 Å². The second kappa shape index (κ2) is 55.5. The summed E-state index contributed by atoms with van der Waals surface area (Å²) in [5, 5.41) is 0. The molecule has 0 spiro atoms. The highest BCUT2D eigenvalue weighted by Gasteiger charge is 2.19. The van der Waals surface area contributed by atoms with Crippen molar-refractivity contribution < 1.29 is 28.6 Å². The van der Waals surface area contributed by atoms with E-state index in [4.69, 9.17) is 14.2 Å². The number of hydrogen-bond acceptors (Lipinski definition) is 6. The molecule has 0 amide bonds. The summed E-state index contributed by atoms with van der Waals surface area (Å²) < 4.78 is 16.9. The maximum Gasteiger partial charge on any atom is 0.306 e. The van der Waals surface area contributed by atoms with Crippen LogP contribution in [0.3, 0.4) is 0 Å². The van der Waals surface area contributed by atoms with Gasteiger partial charge in [0.15, 0.2) is 6.10 Å². The van der Waals surface area contributed by atoms with E-state index >= 15 is 0 Å². The second-order valence-corrected chi connectivity index (χ2v) is 19.9. The highest BCUT2D eigenvalue weighted by molar-refractivity contribution is 5.71. The van der Waals surface area contributed by atoms with Crippen LogP contribution in [0.5, 0.6) is 0 Å². The summed E-state index contributed by atoms with van der Waals surface area (Å²) in [5.41, 5.74) is 0. The fourth-order valence-electron chi connectivity index (χ4n) is 8.77. The molecule has 0 bridgehead atoms. The maximum atomic E-state index is 12.8. The first kappa shape index (κ1) is 63.9. The molecule has 0 aromatic carbocycles. The summed E-state index contributed by atoms with van der Waals surface area (Å²) in [4.78, 5) is 38.2. The highest BCUT2D eigenvalue weighted by Crippen LogP contribution is 2.17. The van der Waals surface area contributed by atoms with Crippen LogP contribution >= 0.6 is 0 Å². The molecular weight excluding hydrogens is 817 g/mol. The number of allylic oxidation sites excluding steroid dienone is 4. The van der Waals surface area contributed by atoms with Gasteiger partial charge in [0.05, 0.1) is 0 Å². The Kier molecular flexibility index (Phi) is 53.7. The summed E-state index contributed by atoms with van der Waals surface area (Å²) in [5.74, 6) is -0.862. The lowest BCUT2D eigenvalue weighted by Gasteiger charge is -2.18. The molecule has 0 aromatic rings. The summed E-state index contributed by atoms with van der Waals surface area (Å²) >= 11 is 0. The van der Waals surface area contributed by atoms with Gasteiger partial charge >= 0.3 is 17.9 Å². The third-order valence-electron chi connectivity index (χ3n) is 13.2. The van der Waals surface area contributed by atoms with Gasteiger partial charge in [-0.05, 0) is 51.4 Å². The predicted molar refractivity (Wildman–Crippen MR) is 284 cm³/mol. The second-order valence-electron chi connectivity index (χ2n) is 19.9. The summed E-state index contributed by atoms with van der Waals surface area (Å²) in [6.45, 7) is 6.66. The topological polar surface area (TPSA) is 78.9 Å². The molecule has 1 unspecified atom stereocenters. The standard InChI is InChI=1S/C60H112O6/c1-4-7-10-13-16-19-22-25-28-29-30-33-35-38-41-44-47-50-53-59(62)65-56-57(66-60(63)54-51-48-45-42-39-36-32-27-24-21-18-15-12-9-6-3)55-64-58(61)52-49-46-43-40-37-34-31-26-23-20-17-14-11-8-5-2/h18,21,27,32,57H,4-17,19-20,22-26,28-31,33-56H2,1-3H3/b21-18-,32-27-. The van der Waals surface area contributed by atoms with Gasteiger partial charge in [0.25, 0.3) is 0 Å². The fourth-order valence-corrected chi connectivity index (χ4v) is 8.77. The van der Waals surface area contributed by atoms with E-state index in [1.165, 1.54) is 205 Å². The van der Waals surface area contributed by atoms with Crippen LogP contribution in [0.2, 0.25) is 0 Å². The minimum Gasteiger partial charge on any atom is -0.462 e. The molecule has 0 aliphatic rings.